The van der Waals surface area contributed by atoms with Crippen molar-refractivity contribution in [3.8, 4) is 0 Å². The summed E-state index contributed by atoms with van der Waals surface area (Å²) in [6.45, 7) is 5.06. The van der Waals surface area contributed by atoms with Gasteiger partial charge in [-0.1, -0.05) is 15.9 Å². The molecule has 0 radical (unpaired) electrons. The molecule has 0 saturated heterocycles. The van der Waals surface area contributed by atoms with Crippen LogP contribution in [0.2, 0.25) is 0 Å². The number of nitrogens with one attached hydrogen (secondary N) is 1. The van der Waals surface area contributed by atoms with Gasteiger partial charge >= 0.3 is 0 Å². The third-order valence-electron chi connectivity index (χ3n) is 2.42. The summed E-state index contributed by atoms with van der Waals surface area (Å²) in [6.07, 6.45) is 1.13. The van der Waals surface area contributed by atoms with Gasteiger partial charge in [-0.15, -0.1) is 0 Å². The molecule has 0 aromatic carbocycles. The smallest absolute Gasteiger partial charge is 0.0739 e. The third kappa shape index (κ3) is 3.57. The highest BCUT2D eigenvalue weighted by Gasteiger charge is 2.10. The molecular formula is C10H17Br2N3. The fraction of sp³-hybridized carbons (Fsp3) is 0.700. The molecule has 0 amide bonds. The van der Waals surface area contributed by atoms with Crippen LogP contribution in [0.5, 0.6) is 0 Å². The summed E-state index contributed by atoms with van der Waals surface area (Å²) in [4.78, 5) is 0. The standard InChI is InChI=1S/C10H17Br2N3/c1-7(4-5-11)13-6-9-10(12)8(2)14-15(9)3/h7,13H,4-6H2,1-3H3. The van der Waals surface area contributed by atoms with Crippen molar-refractivity contribution in [2.24, 2.45) is 7.05 Å². The largest absolute Gasteiger partial charge is 0.309 e. The summed E-state index contributed by atoms with van der Waals surface area (Å²) in [6, 6.07) is 0.520. The van der Waals surface area contributed by atoms with E-state index < -0.39 is 0 Å². The van der Waals surface area contributed by atoms with Crippen LogP contribution in [0, 0.1) is 6.92 Å². The lowest BCUT2D eigenvalue weighted by Crippen LogP contribution is -2.26. The third-order valence-corrected chi connectivity index (χ3v) is 3.91. The maximum absolute atomic E-state index is 4.36. The molecule has 1 heterocycles. The van der Waals surface area contributed by atoms with Gasteiger partial charge in [-0.2, -0.15) is 5.10 Å². The van der Waals surface area contributed by atoms with E-state index in [1.807, 2.05) is 18.7 Å². The van der Waals surface area contributed by atoms with E-state index in [-0.39, 0.29) is 0 Å². The van der Waals surface area contributed by atoms with E-state index in [1.165, 1.54) is 5.69 Å². The highest BCUT2D eigenvalue weighted by molar-refractivity contribution is 9.10. The van der Waals surface area contributed by atoms with Crippen LogP contribution in [0.3, 0.4) is 0 Å². The zero-order valence-electron chi connectivity index (χ0n) is 9.35. The first-order valence-corrected chi connectivity index (χ1v) is 6.95. The second-order valence-electron chi connectivity index (χ2n) is 3.73. The second-order valence-corrected chi connectivity index (χ2v) is 5.32. The van der Waals surface area contributed by atoms with E-state index in [4.69, 9.17) is 0 Å². The first-order chi connectivity index (χ1) is 7.06. The molecule has 0 fully saturated rings. The predicted octanol–water partition coefficient (Wildman–Crippen LogP) is 2.75. The molecule has 15 heavy (non-hydrogen) atoms. The molecule has 1 atom stereocenters. The van der Waals surface area contributed by atoms with Gasteiger partial charge < -0.3 is 5.32 Å². The summed E-state index contributed by atoms with van der Waals surface area (Å²) in [7, 11) is 1.98. The summed E-state index contributed by atoms with van der Waals surface area (Å²) >= 11 is 7.00. The zero-order valence-corrected chi connectivity index (χ0v) is 12.5. The number of alkyl halides is 1. The van der Waals surface area contributed by atoms with Crippen LogP contribution in [0.25, 0.3) is 0 Å². The molecular weight excluding hydrogens is 322 g/mol. The van der Waals surface area contributed by atoms with Gasteiger partial charge in [0.15, 0.2) is 0 Å². The van der Waals surface area contributed by atoms with Gasteiger partial charge in [0.2, 0.25) is 0 Å². The highest BCUT2D eigenvalue weighted by atomic mass is 79.9. The Morgan fingerprint density at radius 3 is 2.67 bits per heavy atom. The molecule has 3 nitrogen and oxygen atoms in total. The lowest BCUT2D eigenvalue weighted by atomic mass is 10.2. The molecule has 86 valence electrons. The van der Waals surface area contributed by atoms with Crippen molar-refractivity contribution in [1.82, 2.24) is 15.1 Å². The number of aromatic nitrogens is 2. The Bertz CT molecular complexity index is 323. The number of halogens is 2. The number of nitrogens with zero attached hydrogens (tertiary/aromatic N) is 2. The van der Waals surface area contributed by atoms with Gasteiger partial charge in [-0.3, -0.25) is 4.68 Å². The minimum atomic E-state index is 0.520. The fourth-order valence-corrected chi connectivity index (χ4v) is 2.57. The number of rotatable bonds is 5. The molecule has 1 rings (SSSR count). The van der Waals surface area contributed by atoms with Crippen LogP contribution in [0.15, 0.2) is 4.47 Å². The Morgan fingerprint density at radius 1 is 1.53 bits per heavy atom. The average Bonchev–Trinajstić information content (AvgIpc) is 2.40. The SMILES string of the molecule is Cc1nn(C)c(CNC(C)CCBr)c1Br. The normalized spacial score (nSPS) is 13.1. The lowest BCUT2D eigenvalue weighted by Gasteiger charge is -2.12. The van der Waals surface area contributed by atoms with Crippen molar-refractivity contribution in [2.45, 2.75) is 32.9 Å². The Morgan fingerprint density at radius 2 is 2.20 bits per heavy atom. The summed E-state index contributed by atoms with van der Waals surface area (Å²) in [5.74, 6) is 0. The zero-order chi connectivity index (χ0) is 11.4. The minimum Gasteiger partial charge on any atom is -0.309 e. The average molecular weight is 339 g/mol. The molecule has 1 aromatic heterocycles. The first-order valence-electron chi connectivity index (χ1n) is 5.03. The maximum atomic E-state index is 4.36. The van der Waals surface area contributed by atoms with Gasteiger partial charge in [0.05, 0.1) is 15.9 Å². The molecule has 1 unspecified atom stereocenters. The molecule has 0 saturated carbocycles. The first kappa shape index (κ1) is 13.2. The number of hydrogen-bond donors (Lipinski definition) is 1. The van der Waals surface area contributed by atoms with Crippen molar-refractivity contribution in [3.05, 3.63) is 15.9 Å². The number of hydrogen-bond acceptors (Lipinski definition) is 2. The monoisotopic (exact) mass is 337 g/mol. The van der Waals surface area contributed by atoms with Gasteiger partial charge in [0, 0.05) is 25.0 Å². The van der Waals surface area contributed by atoms with E-state index in [0.29, 0.717) is 6.04 Å². The second kappa shape index (κ2) is 6.01. The molecule has 0 spiro atoms. The Hall–Kier alpha value is 0.130. The Balaban J connectivity index is 2.57. The van der Waals surface area contributed by atoms with Crippen molar-refractivity contribution in [2.75, 3.05) is 5.33 Å². The van der Waals surface area contributed by atoms with E-state index in [9.17, 15) is 0 Å². The molecule has 0 aliphatic carbocycles. The number of aryl methyl sites for hydroxylation is 2. The fourth-order valence-electron chi connectivity index (χ4n) is 1.41. The van der Waals surface area contributed by atoms with Crippen LogP contribution in [-0.4, -0.2) is 21.2 Å². The highest BCUT2D eigenvalue weighted by Crippen LogP contribution is 2.19. The van der Waals surface area contributed by atoms with Crippen molar-refractivity contribution < 1.29 is 0 Å². The van der Waals surface area contributed by atoms with Gasteiger partial charge in [-0.05, 0) is 36.2 Å². The quantitative estimate of drug-likeness (QED) is 0.836. The molecule has 0 aliphatic heterocycles. The van der Waals surface area contributed by atoms with Crippen molar-refractivity contribution in [3.63, 3.8) is 0 Å². The Labute approximate surface area is 108 Å². The van der Waals surface area contributed by atoms with Gasteiger partial charge in [-0.25, -0.2) is 0 Å². The van der Waals surface area contributed by atoms with Crippen LogP contribution in [0.4, 0.5) is 0 Å². The lowest BCUT2D eigenvalue weighted by molar-refractivity contribution is 0.519. The van der Waals surface area contributed by atoms with E-state index in [1.54, 1.807) is 0 Å². The summed E-state index contributed by atoms with van der Waals surface area (Å²) in [5.41, 5.74) is 2.25. The predicted molar refractivity (Wildman–Crippen MR) is 70.4 cm³/mol. The Kier molecular flexibility index (Phi) is 5.29. The van der Waals surface area contributed by atoms with Crippen LogP contribution >= 0.6 is 31.9 Å². The van der Waals surface area contributed by atoms with Crippen molar-refractivity contribution >= 4 is 31.9 Å². The van der Waals surface area contributed by atoms with E-state index in [2.05, 4.69) is 49.2 Å². The van der Waals surface area contributed by atoms with E-state index >= 15 is 0 Å². The summed E-state index contributed by atoms with van der Waals surface area (Å²) in [5, 5.41) is 8.86. The summed E-state index contributed by atoms with van der Waals surface area (Å²) < 4.78 is 3.04. The minimum absolute atomic E-state index is 0.520. The molecule has 5 heteroatoms. The molecule has 0 bridgehead atoms. The maximum Gasteiger partial charge on any atom is 0.0739 e. The molecule has 0 aliphatic rings. The molecule has 1 aromatic rings. The van der Waals surface area contributed by atoms with Crippen LogP contribution < -0.4 is 5.32 Å². The van der Waals surface area contributed by atoms with Gasteiger partial charge in [0.1, 0.15) is 0 Å². The molecule has 1 N–H and O–H groups in total. The van der Waals surface area contributed by atoms with Crippen molar-refractivity contribution in [1.29, 1.82) is 0 Å². The van der Waals surface area contributed by atoms with E-state index in [0.717, 1.165) is 28.5 Å². The van der Waals surface area contributed by atoms with Crippen LogP contribution in [-0.2, 0) is 13.6 Å². The topological polar surface area (TPSA) is 29.9 Å². The van der Waals surface area contributed by atoms with Gasteiger partial charge in [0.25, 0.3) is 0 Å². The van der Waals surface area contributed by atoms with Crippen LogP contribution in [0.1, 0.15) is 24.7 Å².